The van der Waals surface area contributed by atoms with Crippen LogP contribution in [0.3, 0.4) is 0 Å². The van der Waals surface area contributed by atoms with Crippen LogP contribution in [0.4, 0.5) is 9.18 Å². The molecular formula is C17H21FN2O. The number of carbonyl (C=O) groups is 1. The Morgan fingerprint density at radius 3 is 2.48 bits per heavy atom. The fourth-order valence-electron chi connectivity index (χ4n) is 3.49. The lowest BCUT2D eigenvalue weighted by atomic mass is 9.97. The van der Waals surface area contributed by atoms with E-state index >= 15 is 0 Å². The predicted molar refractivity (Wildman–Crippen MR) is 80.3 cm³/mol. The maximum Gasteiger partial charge on any atom is 0.318 e. The van der Waals surface area contributed by atoms with Crippen LogP contribution in [0.25, 0.3) is 0 Å². The number of allylic oxidation sites excluding steroid dienone is 1. The highest BCUT2D eigenvalue weighted by Crippen LogP contribution is 2.38. The van der Waals surface area contributed by atoms with Gasteiger partial charge in [0.05, 0.1) is 0 Å². The summed E-state index contributed by atoms with van der Waals surface area (Å²) in [4.78, 5) is 14.4. The molecule has 2 aliphatic rings. The predicted octanol–water partition coefficient (Wildman–Crippen LogP) is 3.61. The van der Waals surface area contributed by atoms with Gasteiger partial charge in [0.1, 0.15) is 5.82 Å². The third kappa shape index (κ3) is 2.94. The first-order valence-electron chi connectivity index (χ1n) is 7.62. The monoisotopic (exact) mass is 288 g/mol. The Morgan fingerprint density at radius 2 is 1.90 bits per heavy atom. The van der Waals surface area contributed by atoms with Crippen LogP contribution in [0.5, 0.6) is 0 Å². The molecule has 21 heavy (non-hydrogen) atoms. The molecule has 112 valence electrons. The van der Waals surface area contributed by atoms with Gasteiger partial charge in [-0.3, -0.25) is 0 Å². The summed E-state index contributed by atoms with van der Waals surface area (Å²) >= 11 is 0. The zero-order chi connectivity index (χ0) is 14.8. The molecule has 0 saturated carbocycles. The highest BCUT2D eigenvalue weighted by Gasteiger charge is 2.40. The van der Waals surface area contributed by atoms with E-state index in [4.69, 9.17) is 0 Å². The molecule has 2 atom stereocenters. The van der Waals surface area contributed by atoms with Gasteiger partial charge in [-0.1, -0.05) is 23.8 Å². The zero-order valence-electron chi connectivity index (χ0n) is 12.3. The maximum absolute atomic E-state index is 12.9. The Hall–Kier alpha value is -1.84. The number of amides is 2. The van der Waals surface area contributed by atoms with Crippen LogP contribution in [-0.4, -0.2) is 23.0 Å². The van der Waals surface area contributed by atoms with Crippen LogP contribution in [0.2, 0.25) is 0 Å². The number of hydrogen-bond acceptors (Lipinski definition) is 1. The van der Waals surface area contributed by atoms with Crippen LogP contribution in [0.15, 0.2) is 35.9 Å². The summed E-state index contributed by atoms with van der Waals surface area (Å²) in [6.07, 6.45) is 6.42. The number of piperidine rings is 1. The molecule has 0 radical (unpaired) electrons. The van der Waals surface area contributed by atoms with Crippen molar-refractivity contribution < 1.29 is 9.18 Å². The summed E-state index contributed by atoms with van der Waals surface area (Å²) in [5, 5.41) is 2.97. The summed E-state index contributed by atoms with van der Waals surface area (Å²) in [5.74, 6) is -0.252. The molecule has 3 nitrogen and oxygen atoms in total. The first-order valence-corrected chi connectivity index (χ1v) is 7.62. The van der Waals surface area contributed by atoms with E-state index in [1.807, 2.05) is 4.90 Å². The second-order valence-corrected chi connectivity index (χ2v) is 5.93. The Kier molecular flexibility index (Phi) is 3.95. The Balaban J connectivity index is 1.60. The van der Waals surface area contributed by atoms with Crippen molar-refractivity contribution in [3.8, 4) is 0 Å². The summed E-state index contributed by atoms with van der Waals surface area (Å²) in [7, 11) is 0. The standard InChI is InChI=1S/C17H21FN2O/c1-2-12-9-15-7-8-16(10-12)20(15)17(21)19-11-13-3-5-14(18)6-4-13/h2-6,15-16H,7-11H2,1H3,(H,19,21). The number of rotatable bonds is 2. The Bertz CT molecular complexity index is 536. The lowest BCUT2D eigenvalue weighted by Crippen LogP contribution is -2.49. The maximum atomic E-state index is 12.9. The van der Waals surface area contributed by atoms with Crippen LogP contribution < -0.4 is 5.32 Å². The molecule has 0 aromatic heterocycles. The van der Waals surface area contributed by atoms with E-state index in [2.05, 4.69) is 18.3 Å². The second-order valence-electron chi connectivity index (χ2n) is 5.93. The minimum atomic E-state index is -0.252. The van der Waals surface area contributed by atoms with Gasteiger partial charge in [-0.05, 0) is 50.3 Å². The molecule has 4 heteroatoms. The number of nitrogens with zero attached hydrogens (tertiary/aromatic N) is 1. The number of halogens is 1. The minimum absolute atomic E-state index is 0.0157. The number of carbonyl (C=O) groups excluding carboxylic acids is 1. The van der Waals surface area contributed by atoms with Gasteiger partial charge < -0.3 is 10.2 Å². The number of nitrogens with one attached hydrogen (secondary N) is 1. The van der Waals surface area contributed by atoms with Gasteiger partial charge in [0.15, 0.2) is 0 Å². The fourth-order valence-corrected chi connectivity index (χ4v) is 3.49. The van der Waals surface area contributed by atoms with Crippen LogP contribution in [0.1, 0.15) is 38.2 Å². The topological polar surface area (TPSA) is 32.3 Å². The van der Waals surface area contributed by atoms with Crippen molar-refractivity contribution in [2.75, 3.05) is 0 Å². The molecule has 1 aromatic rings. The zero-order valence-corrected chi connectivity index (χ0v) is 12.3. The van der Waals surface area contributed by atoms with E-state index in [0.717, 1.165) is 31.2 Å². The largest absolute Gasteiger partial charge is 0.334 e. The van der Waals surface area contributed by atoms with Gasteiger partial charge >= 0.3 is 6.03 Å². The molecule has 2 amide bonds. The van der Waals surface area contributed by atoms with Crippen LogP contribution in [-0.2, 0) is 6.54 Å². The van der Waals surface area contributed by atoms with Crippen molar-refractivity contribution in [1.29, 1.82) is 0 Å². The Labute approximate surface area is 124 Å². The van der Waals surface area contributed by atoms with Gasteiger partial charge in [-0.2, -0.15) is 0 Å². The number of hydrogen-bond donors (Lipinski definition) is 1. The van der Waals surface area contributed by atoms with Crippen molar-refractivity contribution in [1.82, 2.24) is 10.2 Å². The summed E-state index contributed by atoms with van der Waals surface area (Å²) < 4.78 is 12.9. The highest BCUT2D eigenvalue weighted by molar-refractivity contribution is 5.75. The van der Waals surface area contributed by atoms with E-state index in [-0.39, 0.29) is 11.8 Å². The quantitative estimate of drug-likeness (QED) is 0.828. The summed E-state index contributed by atoms with van der Waals surface area (Å²) in [5.41, 5.74) is 2.40. The molecule has 2 saturated heterocycles. The lowest BCUT2D eigenvalue weighted by molar-refractivity contribution is 0.160. The smallest absolute Gasteiger partial charge is 0.318 e. The third-order valence-corrected chi connectivity index (χ3v) is 4.62. The van der Waals surface area contributed by atoms with E-state index in [1.165, 1.54) is 17.7 Å². The van der Waals surface area contributed by atoms with E-state index in [0.29, 0.717) is 18.6 Å². The average Bonchev–Trinajstić information content (AvgIpc) is 2.77. The molecule has 0 spiro atoms. The molecular weight excluding hydrogens is 267 g/mol. The molecule has 0 aliphatic carbocycles. The molecule has 3 rings (SSSR count). The third-order valence-electron chi connectivity index (χ3n) is 4.62. The van der Waals surface area contributed by atoms with Crippen LogP contribution in [0, 0.1) is 5.82 Å². The van der Waals surface area contributed by atoms with Gasteiger partial charge in [0, 0.05) is 18.6 Å². The molecule has 2 bridgehead atoms. The number of benzene rings is 1. The summed E-state index contributed by atoms with van der Waals surface area (Å²) in [6.45, 7) is 2.53. The molecule has 2 fully saturated rings. The number of urea groups is 1. The van der Waals surface area contributed by atoms with Gasteiger partial charge in [0.25, 0.3) is 0 Å². The number of fused-ring (bicyclic) bond motifs is 2. The first-order chi connectivity index (χ1) is 10.2. The molecule has 1 N–H and O–H groups in total. The van der Waals surface area contributed by atoms with Crippen molar-refractivity contribution in [3.05, 3.63) is 47.3 Å². The van der Waals surface area contributed by atoms with Gasteiger partial charge in [0.2, 0.25) is 0 Å². The molecule has 2 unspecified atom stereocenters. The van der Waals surface area contributed by atoms with E-state index in [9.17, 15) is 9.18 Å². The second kappa shape index (κ2) is 5.88. The first kappa shape index (κ1) is 14.1. The minimum Gasteiger partial charge on any atom is -0.334 e. The van der Waals surface area contributed by atoms with Crippen molar-refractivity contribution in [3.63, 3.8) is 0 Å². The highest BCUT2D eigenvalue weighted by atomic mass is 19.1. The molecule has 2 aliphatic heterocycles. The van der Waals surface area contributed by atoms with Crippen molar-refractivity contribution in [2.45, 2.75) is 51.2 Å². The van der Waals surface area contributed by atoms with E-state index in [1.54, 1.807) is 12.1 Å². The lowest BCUT2D eigenvalue weighted by Gasteiger charge is -2.36. The average molecular weight is 288 g/mol. The van der Waals surface area contributed by atoms with Gasteiger partial charge in [-0.25, -0.2) is 9.18 Å². The SMILES string of the molecule is CC=C1CC2CCC(C1)N2C(=O)NCc1ccc(F)cc1. The van der Waals surface area contributed by atoms with Gasteiger partial charge in [-0.15, -0.1) is 0 Å². The van der Waals surface area contributed by atoms with Crippen molar-refractivity contribution in [2.24, 2.45) is 0 Å². The normalized spacial score (nSPS) is 24.1. The van der Waals surface area contributed by atoms with Crippen molar-refractivity contribution >= 4 is 6.03 Å². The fraction of sp³-hybridized carbons (Fsp3) is 0.471. The Morgan fingerprint density at radius 1 is 1.29 bits per heavy atom. The van der Waals surface area contributed by atoms with E-state index < -0.39 is 0 Å². The molecule has 2 heterocycles. The van der Waals surface area contributed by atoms with Crippen LogP contribution >= 0.6 is 0 Å². The molecule has 1 aromatic carbocycles. The summed E-state index contributed by atoms with van der Waals surface area (Å²) in [6, 6.07) is 6.97.